The average molecular weight is 528 g/mol. The summed E-state index contributed by atoms with van der Waals surface area (Å²) in [4.78, 5) is 16.2. The van der Waals surface area contributed by atoms with Crippen molar-refractivity contribution in [1.29, 1.82) is 0 Å². The maximum Gasteiger partial charge on any atom is 0.287 e. The highest BCUT2D eigenvalue weighted by molar-refractivity contribution is 14.0. The number of amides is 1. The quantitative estimate of drug-likeness (QED) is 0.180. The van der Waals surface area contributed by atoms with Crippen LogP contribution >= 0.6 is 24.0 Å². The van der Waals surface area contributed by atoms with Gasteiger partial charge in [-0.25, -0.2) is 0 Å². The lowest BCUT2D eigenvalue weighted by Crippen LogP contribution is -2.41. The van der Waals surface area contributed by atoms with E-state index in [2.05, 4.69) is 40.0 Å². The molecular weight excluding hydrogens is 495 g/mol. The summed E-state index contributed by atoms with van der Waals surface area (Å²) in [7, 11) is 1.74. The molecule has 1 amide bonds. The average Bonchev–Trinajstić information content (AvgIpc) is 3.16. The predicted octanol–water partition coefficient (Wildman–Crippen LogP) is 3.34. The van der Waals surface area contributed by atoms with E-state index in [0.717, 1.165) is 24.5 Å². The van der Waals surface area contributed by atoms with E-state index in [1.54, 1.807) is 13.1 Å². The lowest BCUT2D eigenvalue weighted by molar-refractivity contribution is 0.0925. The third-order valence-electron chi connectivity index (χ3n) is 4.36. The first kappa shape index (κ1) is 26.0. The van der Waals surface area contributed by atoms with Gasteiger partial charge in [-0.1, -0.05) is 37.3 Å². The van der Waals surface area contributed by atoms with Crippen molar-refractivity contribution >= 4 is 35.8 Å². The van der Waals surface area contributed by atoms with Gasteiger partial charge in [0, 0.05) is 32.2 Å². The van der Waals surface area contributed by atoms with Crippen LogP contribution in [0.15, 0.2) is 52.1 Å². The van der Waals surface area contributed by atoms with Gasteiger partial charge in [0.2, 0.25) is 0 Å². The summed E-state index contributed by atoms with van der Waals surface area (Å²) in [5.74, 6) is 1.29. The molecule has 8 heteroatoms. The van der Waals surface area contributed by atoms with Crippen molar-refractivity contribution in [3.05, 3.63) is 59.5 Å². The van der Waals surface area contributed by atoms with E-state index >= 15 is 0 Å². The summed E-state index contributed by atoms with van der Waals surface area (Å²) in [6.07, 6.45) is 2.30. The molecule has 0 spiro atoms. The molecule has 1 heterocycles. The van der Waals surface area contributed by atoms with Crippen molar-refractivity contribution in [2.75, 3.05) is 33.3 Å². The maximum atomic E-state index is 12.0. The van der Waals surface area contributed by atoms with Crippen molar-refractivity contribution in [3.8, 4) is 0 Å². The highest BCUT2D eigenvalue weighted by Gasteiger charge is 2.11. The number of carbonyl (C=O) groups excluding carboxylic acids is 1. The molecule has 1 aromatic carbocycles. The second kappa shape index (κ2) is 14.8. The molecule has 0 bridgehead atoms. The first-order valence-corrected chi connectivity index (χ1v) is 9.98. The molecule has 1 unspecified atom stereocenters. The Labute approximate surface area is 196 Å². The first-order chi connectivity index (χ1) is 14.1. The van der Waals surface area contributed by atoms with Crippen LogP contribution in [0.5, 0.6) is 0 Å². The van der Waals surface area contributed by atoms with Crippen LogP contribution < -0.4 is 16.0 Å². The van der Waals surface area contributed by atoms with E-state index in [1.807, 2.05) is 25.1 Å². The Bertz CT molecular complexity index is 765. The molecule has 0 radical (unpaired) electrons. The number of carbonyl (C=O) groups is 1. The number of guanidine groups is 1. The summed E-state index contributed by atoms with van der Waals surface area (Å²) in [6.45, 7) is 7.32. The number of hydrogen-bond donors (Lipinski definition) is 3. The molecule has 3 N–H and O–H groups in total. The van der Waals surface area contributed by atoms with Gasteiger partial charge in [-0.3, -0.25) is 9.79 Å². The van der Waals surface area contributed by atoms with Gasteiger partial charge in [-0.05, 0) is 30.9 Å². The van der Waals surface area contributed by atoms with E-state index in [1.165, 1.54) is 11.8 Å². The molecule has 0 aliphatic heterocycles. The number of aryl methyl sites for hydroxylation is 1. The Morgan fingerprint density at radius 1 is 1.13 bits per heavy atom. The Morgan fingerprint density at radius 2 is 1.87 bits per heavy atom. The molecule has 1 atom stereocenters. The van der Waals surface area contributed by atoms with Crippen molar-refractivity contribution in [3.63, 3.8) is 0 Å². The number of ether oxygens (including phenoxy) is 1. The SMILES string of the molecule is CN=C(NCCCNC(=O)c1occc1C)NCC(C)COCc1ccccc1.I. The molecule has 30 heavy (non-hydrogen) atoms. The molecule has 7 nitrogen and oxygen atoms in total. The van der Waals surface area contributed by atoms with Crippen molar-refractivity contribution in [1.82, 2.24) is 16.0 Å². The van der Waals surface area contributed by atoms with Crippen LogP contribution in [0.4, 0.5) is 0 Å². The zero-order valence-corrected chi connectivity index (χ0v) is 20.3. The molecule has 0 saturated carbocycles. The third-order valence-corrected chi connectivity index (χ3v) is 4.36. The largest absolute Gasteiger partial charge is 0.459 e. The lowest BCUT2D eigenvalue weighted by Gasteiger charge is -2.16. The fourth-order valence-electron chi connectivity index (χ4n) is 2.69. The first-order valence-electron chi connectivity index (χ1n) is 9.98. The monoisotopic (exact) mass is 528 g/mol. The minimum atomic E-state index is -0.181. The molecular formula is C22H33IN4O3. The van der Waals surface area contributed by atoms with Crippen molar-refractivity contribution in [2.45, 2.75) is 26.9 Å². The molecule has 166 valence electrons. The van der Waals surface area contributed by atoms with Gasteiger partial charge in [-0.15, -0.1) is 24.0 Å². The van der Waals surface area contributed by atoms with Gasteiger partial charge in [0.15, 0.2) is 11.7 Å². The van der Waals surface area contributed by atoms with Crippen LogP contribution in [0, 0.1) is 12.8 Å². The second-order valence-corrected chi connectivity index (χ2v) is 7.03. The fraction of sp³-hybridized carbons (Fsp3) is 0.455. The highest BCUT2D eigenvalue weighted by Crippen LogP contribution is 2.07. The van der Waals surface area contributed by atoms with Gasteiger partial charge in [-0.2, -0.15) is 0 Å². The third kappa shape index (κ3) is 9.62. The Morgan fingerprint density at radius 3 is 2.53 bits per heavy atom. The number of nitrogens with one attached hydrogen (secondary N) is 3. The summed E-state index contributed by atoms with van der Waals surface area (Å²) in [5, 5.41) is 9.41. The molecule has 0 aliphatic carbocycles. The Balaban J connectivity index is 0.00000450. The normalized spacial score (nSPS) is 12.0. The topological polar surface area (TPSA) is 87.9 Å². The van der Waals surface area contributed by atoms with Crippen LogP contribution in [0.25, 0.3) is 0 Å². The fourth-order valence-corrected chi connectivity index (χ4v) is 2.69. The number of aliphatic imine (C=N–C) groups is 1. The molecule has 0 saturated heterocycles. The van der Waals surface area contributed by atoms with Crippen LogP contribution in [0.1, 0.15) is 35.0 Å². The van der Waals surface area contributed by atoms with Gasteiger partial charge in [0.25, 0.3) is 5.91 Å². The van der Waals surface area contributed by atoms with Gasteiger partial charge in [0.1, 0.15) is 0 Å². The number of nitrogens with zero attached hydrogens (tertiary/aromatic N) is 1. The van der Waals surface area contributed by atoms with Crippen LogP contribution in [0.2, 0.25) is 0 Å². The number of hydrogen-bond acceptors (Lipinski definition) is 4. The van der Waals surface area contributed by atoms with Crippen LogP contribution in [-0.4, -0.2) is 45.2 Å². The van der Waals surface area contributed by atoms with E-state index in [9.17, 15) is 4.79 Å². The minimum absolute atomic E-state index is 0. The van der Waals surface area contributed by atoms with Gasteiger partial charge >= 0.3 is 0 Å². The lowest BCUT2D eigenvalue weighted by atomic mass is 10.2. The highest BCUT2D eigenvalue weighted by atomic mass is 127. The van der Waals surface area contributed by atoms with E-state index in [4.69, 9.17) is 9.15 Å². The van der Waals surface area contributed by atoms with Crippen LogP contribution in [-0.2, 0) is 11.3 Å². The van der Waals surface area contributed by atoms with E-state index < -0.39 is 0 Å². The smallest absolute Gasteiger partial charge is 0.287 e. The molecule has 0 aliphatic rings. The summed E-state index contributed by atoms with van der Waals surface area (Å²) in [6, 6.07) is 11.9. The second-order valence-electron chi connectivity index (χ2n) is 7.03. The molecule has 0 fully saturated rings. The maximum absolute atomic E-state index is 12.0. The summed E-state index contributed by atoms with van der Waals surface area (Å²) >= 11 is 0. The standard InChI is InChI=1S/C22H32N4O3.HI/c1-17(15-28-16-19-8-5-4-6-9-19)14-26-22(23-3)25-12-7-11-24-21(27)20-18(2)10-13-29-20;/h4-6,8-10,13,17H,7,11-12,14-16H2,1-3H3,(H,24,27)(H2,23,25,26);1H. The van der Waals surface area contributed by atoms with E-state index in [0.29, 0.717) is 38.0 Å². The minimum Gasteiger partial charge on any atom is -0.459 e. The van der Waals surface area contributed by atoms with Crippen LogP contribution in [0.3, 0.4) is 0 Å². The van der Waals surface area contributed by atoms with E-state index in [-0.39, 0.29) is 29.9 Å². The Kier molecular flexibility index (Phi) is 12.8. The van der Waals surface area contributed by atoms with Crippen molar-refractivity contribution < 1.29 is 13.9 Å². The number of rotatable bonds is 11. The summed E-state index contributed by atoms with van der Waals surface area (Å²) < 4.78 is 11.0. The van der Waals surface area contributed by atoms with Gasteiger partial charge in [0.05, 0.1) is 19.5 Å². The Hall–Kier alpha value is -2.07. The molecule has 2 rings (SSSR count). The number of benzene rings is 1. The van der Waals surface area contributed by atoms with Gasteiger partial charge < -0.3 is 25.1 Å². The predicted molar refractivity (Wildman–Crippen MR) is 130 cm³/mol. The number of halogens is 1. The summed E-state index contributed by atoms with van der Waals surface area (Å²) in [5.41, 5.74) is 2.02. The molecule has 2 aromatic rings. The van der Waals surface area contributed by atoms with Crippen molar-refractivity contribution in [2.24, 2.45) is 10.9 Å². The molecule has 1 aromatic heterocycles. The zero-order chi connectivity index (χ0) is 20.9. The number of furan rings is 1. The zero-order valence-electron chi connectivity index (χ0n) is 17.9.